The molecule has 1 aromatic rings. The number of halogens is 1. The molecule has 0 bridgehead atoms. The van der Waals surface area contributed by atoms with Crippen LogP contribution in [0.15, 0.2) is 0 Å². The van der Waals surface area contributed by atoms with Gasteiger partial charge in [0.2, 0.25) is 0 Å². The van der Waals surface area contributed by atoms with Gasteiger partial charge in [0.05, 0.1) is 24.5 Å². The fourth-order valence-corrected chi connectivity index (χ4v) is 3.31. The lowest BCUT2D eigenvalue weighted by Crippen LogP contribution is -2.33. The van der Waals surface area contributed by atoms with Crippen LogP contribution in [0.25, 0.3) is 0 Å². The first-order valence-electron chi connectivity index (χ1n) is 7.06. The van der Waals surface area contributed by atoms with Crippen LogP contribution in [-0.2, 0) is 17.8 Å². The third kappa shape index (κ3) is 4.07. The van der Waals surface area contributed by atoms with E-state index in [1.807, 2.05) is 31.8 Å². The lowest BCUT2D eigenvalue weighted by molar-refractivity contribution is 0.0239. The molecule has 1 aliphatic rings. The topological polar surface area (TPSA) is 47.4 Å². The number of carbonyl (C=O) groups is 1. The van der Waals surface area contributed by atoms with Crippen molar-refractivity contribution in [1.29, 1.82) is 0 Å². The van der Waals surface area contributed by atoms with Gasteiger partial charge in [-0.05, 0) is 46.1 Å². The molecule has 1 amide bonds. The van der Waals surface area contributed by atoms with Crippen molar-refractivity contribution in [2.75, 3.05) is 11.6 Å². The molecule has 2 rings (SSSR count). The van der Waals surface area contributed by atoms with Gasteiger partial charge in [0, 0.05) is 17.2 Å². The third-order valence-electron chi connectivity index (χ3n) is 3.12. The molecule has 2 heterocycles. The van der Waals surface area contributed by atoms with Crippen molar-refractivity contribution in [3.63, 3.8) is 0 Å². The Hall–Kier alpha value is -0.880. The van der Waals surface area contributed by atoms with Crippen molar-refractivity contribution < 1.29 is 9.53 Å². The van der Waals surface area contributed by atoms with E-state index in [1.54, 1.807) is 16.8 Å². The first-order valence-corrected chi connectivity index (χ1v) is 8.54. The summed E-state index contributed by atoms with van der Waals surface area (Å²) in [4.78, 5) is 13.8. The monoisotopic (exact) mass is 331 g/mol. The zero-order valence-corrected chi connectivity index (χ0v) is 14.6. The van der Waals surface area contributed by atoms with E-state index in [0.29, 0.717) is 19.0 Å². The number of alkyl halides is 1. The van der Waals surface area contributed by atoms with Crippen LogP contribution in [0.1, 0.15) is 44.1 Å². The number of hydrogen-bond donors (Lipinski definition) is 0. The van der Waals surface area contributed by atoms with Crippen LogP contribution in [0.3, 0.4) is 0 Å². The van der Waals surface area contributed by atoms with E-state index < -0.39 is 5.60 Å². The Balaban J connectivity index is 1.99. The van der Waals surface area contributed by atoms with E-state index in [9.17, 15) is 4.79 Å². The van der Waals surface area contributed by atoms with E-state index in [4.69, 9.17) is 16.3 Å². The van der Waals surface area contributed by atoms with Gasteiger partial charge in [-0.1, -0.05) is 0 Å². The van der Waals surface area contributed by atoms with Crippen LogP contribution in [0.5, 0.6) is 0 Å². The quantitative estimate of drug-likeness (QED) is 0.625. The minimum absolute atomic E-state index is 0.277. The van der Waals surface area contributed by atoms with Gasteiger partial charge in [-0.3, -0.25) is 4.90 Å². The Kier molecular flexibility index (Phi) is 5.09. The molecule has 0 N–H and O–H groups in total. The summed E-state index contributed by atoms with van der Waals surface area (Å²) >= 11 is 7.35. The van der Waals surface area contributed by atoms with Gasteiger partial charge in [0.1, 0.15) is 5.60 Å². The number of carbonyl (C=O) groups excluding carboxylic acids is 1. The second-order valence-corrected chi connectivity index (χ2v) is 7.49. The van der Waals surface area contributed by atoms with Crippen molar-refractivity contribution in [3.05, 3.63) is 17.0 Å². The summed E-state index contributed by atoms with van der Waals surface area (Å²) in [5, 5.41) is 4.58. The molecule has 0 fully saturated rings. The molecule has 0 saturated carbocycles. The smallest absolute Gasteiger partial charge is 0.410 e. The largest absolute Gasteiger partial charge is 0.444 e. The fraction of sp³-hybridized carbons (Fsp3) is 0.714. The Morgan fingerprint density at radius 3 is 2.71 bits per heavy atom. The van der Waals surface area contributed by atoms with E-state index >= 15 is 0 Å². The molecule has 0 radical (unpaired) electrons. The zero-order chi connectivity index (χ0) is 15.6. The van der Waals surface area contributed by atoms with Crippen molar-refractivity contribution in [3.8, 4) is 0 Å². The number of rotatable bonds is 4. The Labute approximate surface area is 135 Å². The van der Waals surface area contributed by atoms with Crippen LogP contribution in [-0.4, -0.2) is 37.4 Å². The average Bonchev–Trinajstić information content (AvgIpc) is 2.89. The highest BCUT2D eigenvalue weighted by Crippen LogP contribution is 2.28. The summed E-state index contributed by atoms with van der Waals surface area (Å²) in [6.45, 7) is 8.76. The molecule has 0 unspecified atom stereocenters. The Morgan fingerprint density at radius 2 is 2.14 bits per heavy atom. The molecule has 0 saturated heterocycles. The van der Waals surface area contributed by atoms with E-state index in [1.165, 1.54) is 0 Å². The Morgan fingerprint density at radius 1 is 1.43 bits per heavy atom. The lowest BCUT2D eigenvalue weighted by atomic mass is 10.2. The first-order chi connectivity index (χ1) is 9.81. The van der Waals surface area contributed by atoms with Crippen LogP contribution in [0, 0.1) is 6.92 Å². The van der Waals surface area contributed by atoms with Crippen LogP contribution in [0.2, 0.25) is 0 Å². The number of aromatic nitrogens is 2. The summed E-state index contributed by atoms with van der Waals surface area (Å²) in [5.74, 6) is 1.61. The number of fused-ring (bicyclic) bond motifs is 1. The molecule has 118 valence electrons. The van der Waals surface area contributed by atoms with E-state index in [0.717, 1.165) is 29.1 Å². The molecule has 1 aliphatic heterocycles. The minimum atomic E-state index is -0.469. The van der Waals surface area contributed by atoms with Gasteiger partial charge in [0.25, 0.3) is 0 Å². The Bertz CT molecular complexity index is 525. The maximum Gasteiger partial charge on any atom is 0.410 e. The molecular weight excluding hydrogens is 310 g/mol. The van der Waals surface area contributed by atoms with Gasteiger partial charge in [-0.2, -0.15) is 5.10 Å². The zero-order valence-electron chi connectivity index (χ0n) is 13.0. The molecular formula is C14H22ClN3O2S. The number of amides is 1. The van der Waals surface area contributed by atoms with E-state index in [2.05, 4.69) is 5.10 Å². The fourth-order valence-electron chi connectivity index (χ4n) is 2.12. The summed E-state index contributed by atoms with van der Waals surface area (Å²) in [5.41, 5.74) is 2.75. The molecule has 21 heavy (non-hydrogen) atoms. The van der Waals surface area contributed by atoms with Crippen LogP contribution >= 0.6 is 23.5 Å². The maximum atomic E-state index is 12.1. The van der Waals surface area contributed by atoms with Crippen molar-refractivity contribution in [1.82, 2.24) is 14.1 Å². The van der Waals surface area contributed by atoms with Crippen molar-refractivity contribution in [2.24, 2.45) is 0 Å². The second-order valence-electron chi connectivity index (χ2n) is 6.10. The highest BCUT2D eigenvalue weighted by molar-refractivity contribution is 7.97. The maximum absolute atomic E-state index is 12.1. The van der Waals surface area contributed by atoms with Gasteiger partial charge < -0.3 is 4.74 Å². The van der Waals surface area contributed by atoms with Gasteiger partial charge >= 0.3 is 6.09 Å². The van der Waals surface area contributed by atoms with Gasteiger partial charge in [-0.15, -0.1) is 11.6 Å². The summed E-state index contributed by atoms with van der Waals surface area (Å²) in [6, 6.07) is 0. The van der Waals surface area contributed by atoms with Crippen LogP contribution in [0.4, 0.5) is 4.79 Å². The molecule has 1 aromatic heterocycles. The van der Waals surface area contributed by atoms with Crippen LogP contribution < -0.4 is 0 Å². The predicted molar refractivity (Wildman–Crippen MR) is 85.6 cm³/mol. The molecule has 0 aromatic carbocycles. The average molecular weight is 332 g/mol. The number of hydrogen-bond acceptors (Lipinski definition) is 4. The van der Waals surface area contributed by atoms with Crippen molar-refractivity contribution in [2.45, 2.75) is 52.8 Å². The van der Waals surface area contributed by atoms with E-state index in [-0.39, 0.29) is 6.09 Å². The molecule has 5 nitrogen and oxygen atoms in total. The minimum Gasteiger partial charge on any atom is -0.444 e. The van der Waals surface area contributed by atoms with Crippen molar-refractivity contribution >= 4 is 29.6 Å². The normalized spacial score (nSPS) is 14.4. The standard InChI is InChI=1S/C14H22ClN3O2S/c1-10-11-8-17(13(19)20-14(2,3)4)9-12(11)16-18(10)21-7-5-6-15/h5-9H2,1-4H3. The molecule has 0 aliphatic carbocycles. The summed E-state index contributed by atoms with van der Waals surface area (Å²) in [6.07, 6.45) is 0.682. The summed E-state index contributed by atoms with van der Waals surface area (Å²) in [7, 11) is 0. The highest BCUT2D eigenvalue weighted by Gasteiger charge is 2.31. The molecule has 0 spiro atoms. The predicted octanol–water partition coefficient (Wildman–Crippen LogP) is 3.57. The van der Waals surface area contributed by atoms with Gasteiger partial charge in [0.15, 0.2) is 0 Å². The molecule has 0 atom stereocenters. The molecule has 7 heteroatoms. The SMILES string of the molecule is Cc1c2c(nn1SCCCCl)CN(C(=O)OC(C)(C)C)C2. The third-order valence-corrected chi connectivity index (χ3v) is 4.45. The number of ether oxygens (including phenoxy) is 1. The van der Waals surface area contributed by atoms with Gasteiger partial charge in [-0.25, -0.2) is 8.88 Å². The lowest BCUT2D eigenvalue weighted by Gasteiger charge is -2.24. The summed E-state index contributed by atoms with van der Waals surface area (Å²) < 4.78 is 7.35. The number of nitrogens with zero attached hydrogens (tertiary/aromatic N) is 3. The second kappa shape index (κ2) is 6.48. The highest BCUT2D eigenvalue weighted by atomic mass is 35.5. The first kappa shape index (κ1) is 16.5.